The van der Waals surface area contributed by atoms with E-state index in [0.717, 1.165) is 46.2 Å². The second-order valence-corrected chi connectivity index (χ2v) is 10.9. The largest absolute Gasteiger partial charge is 0.356 e. The van der Waals surface area contributed by atoms with Crippen molar-refractivity contribution in [2.24, 2.45) is 16.8 Å². The second kappa shape index (κ2) is 9.40. The van der Waals surface area contributed by atoms with E-state index in [-0.39, 0.29) is 12.5 Å². The van der Waals surface area contributed by atoms with Gasteiger partial charge in [-0.15, -0.1) is 17.3 Å². The number of aliphatic imine (C=N–C) groups is 1. The average molecular weight is 533 g/mol. The minimum absolute atomic E-state index is 0.00729. The summed E-state index contributed by atoms with van der Waals surface area (Å²) < 4.78 is 0. The number of anilines is 2. The number of imide groups is 1. The molecule has 3 aliphatic heterocycles. The monoisotopic (exact) mass is 532 g/mol. The number of amides is 4. The zero-order valence-electron chi connectivity index (χ0n) is 21.4. The Labute approximate surface area is 224 Å². The van der Waals surface area contributed by atoms with Gasteiger partial charge >= 0.3 is 6.03 Å². The van der Waals surface area contributed by atoms with Crippen LogP contribution in [0.5, 0.6) is 0 Å². The van der Waals surface area contributed by atoms with Crippen LogP contribution in [0, 0.1) is 23.7 Å². The van der Waals surface area contributed by atoms with Crippen molar-refractivity contribution in [1.82, 2.24) is 24.7 Å². The van der Waals surface area contributed by atoms with Gasteiger partial charge in [-0.3, -0.25) is 14.5 Å². The third-order valence-electron chi connectivity index (χ3n) is 7.70. The summed E-state index contributed by atoms with van der Waals surface area (Å²) in [5.74, 6) is 7.84. The first kappa shape index (κ1) is 24.4. The number of likely N-dealkylation sites (N-methyl/N-ethyl adjacent to an activating group) is 1. The molecule has 5 atom stereocenters. The molecule has 38 heavy (non-hydrogen) atoms. The Morgan fingerprint density at radius 1 is 1.26 bits per heavy atom. The van der Waals surface area contributed by atoms with Gasteiger partial charge in [0.2, 0.25) is 5.91 Å². The highest BCUT2D eigenvalue weighted by molar-refractivity contribution is 7.13. The molecule has 3 fully saturated rings. The van der Waals surface area contributed by atoms with Gasteiger partial charge in [0.15, 0.2) is 12.2 Å². The van der Waals surface area contributed by atoms with E-state index in [9.17, 15) is 14.4 Å². The van der Waals surface area contributed by atoms with Crippen LogP contribution in [0.2, 0.25) is 0 Å². The molecule has 1 aliphatic carbocycles. The van der Waals surface area contributed by atoms with Crippen molar-refractivity contribution < 1.29 is 14.4 Å². The van der Waals surface area contributed by atoms with Crippen LogP contribution in [-0.2, 0) is 9.59 Å². The maximum absolute atomic E-state index is 13.2. The summed E-state index contributed by atoms with van der Waals surface area (Å²) in [6.45, 7) is 5.52. The lowest BCUT2D eigenvalue weighted by Gasteiger charge is -2.41. The molecule has 5 heterocycles. The van der Waals surface area contributed by atoms with Crippen molar-refractivity contribution in [2.75, 3.05) is 36.9 Å². The van der Waals surface area contributed by atoms with Crippen molar-refractivity contribution in [2.45, 2.75) is 38.5 Å². The third-order valence-corrected chi connectivity index (χ3v) is 8.59. The molecule has 4 amide bonds. The number of pyridine rings is 1. The highest BCUT2D eigenvalue weighted by Gasteiger charge is 2.51. The Morgan fingerprint density at radius 2 is 2.05 bits per heavy atom. The molecule has 0 spiro atoms. The van der Waals surface area contributed by atoms with Gasteiger partial charge in [0.05, 0.1) is 12.9 Å². The Morgan fingerprint density at radius 3 is 2.76 bits per heavy atom. The minimum Gasteiger partial charge on any atom is -0.356 e. The summed E-state index contributed by atoms with van der Waals surface area (Å²) in [5, 5.41) is 5.39. The number of rotatable bonds is 6. The van der Waals surface area contributed by atoms with E-state index in [1.165, 1.54) is 29.0 Å². The molecule has 4 aliphatic rings. The normalized spacial score (nSPS) is 26.2. The van der Waals surface area contributed by atoms with Gasteiger partial charge in [-0.25, -0.2) is 19.8 Å². The first-order valence-electron chi connectivity index (χ1n) is 12.6. The van der Waals surface area contributed by atoms with E-state index in [4.69, 9.17) is 0 Å². The van der Waals surface area contributed by atoms with Gasteiger partial charge in [-0.1, -0.05) is 5.92 Å². The predicted molar refractivity (Wildman–Crippen MR) is 143 cm³/mol. The molecule has 1 N–H and O–H groups in total. The number of hydrogen-bond donors (Lipinski definition) is 1. The van der Waals surface area contributed by atoms with Gasteiger partial charge in [0, 0.05) is 37.3 Å². The molecule has 0 bridgehead atoms. The topological polar surface area (TPSA) is 114 Å². The fourth-order valence-corrected chi connectivity index (χ4v) is 6.08. The Hall–Kier alpha value is -3.98. The van der Waals surface area contributed by atoms with Crippen LogP contribution in [-0.4, -0.2) is 93.8 Å². The van der Waals surface area contributed by atoms with E-state index >= 15 is 0 Å². The van der Waals surface area contributed by atoms with Gasteiger partial charge in [-0.05, 0) is 44.2 Å². The van der Waals surface area contributed by atoms with Crippen LogP contribution in [0.15, 0.2) is 28.7 Å². The zero-order valence-corrected chi connectivity index (χ0v) is 22.2. The molecular weight excluding hydrogens is 504 g/mol. The quantitative estimate of drug-likeness (QED) is 0.566. The molecule has 196 valence electrons. The summed E-state index contributed by atoms with van der Waals surface area (Å²) in [6, 6.07) is 2.07. The number of piperidine rings is 1. The molecule has 2 saturated heterocycles. The van der Waals surface area contributed by atoms with Crippen molar-refractivity contribution in [1.29, 1.82) is 0 Å². The SMILES string of the molecule is CC#CCN1C(=O)C2C(N=CN2[C@@H](C)C(=O)Nc2csc(-c3ccc(N4CC5CC5C4)nc3)n2)N(C)C1=O. The molecule has 6 rings (SSSR count). The van der Waals surface area contributed by atoms with Crippen molar-refractivity contribution in [3.8, 4) is 22.4 Å². The zero-order chi connectivity index (χ0) is 26.6. The lowest BCUT2D eigenvalue weighted by molar-refractivity contribution is -0.138. The van der Waals surface area contributed by atoms with Crippen LogP contribution in [0.3, 0.4) is 0 Å². The van der Waals surface area contributed by atoms with E-state index in [1.54, 1.807) is 31.2 Å². The molecule has 1 saturated carbocycles. The van der Waals surface area contributed by atoms with Crippen LogP contribution in [0.1, 0.15) is 20.3 Å². The fourth-order valence-electron chi connectivity index (χ4n) is 5.34. The number of hydrogen-bond acceptors (Lipinski definition) is 9. The summed E-state index contributed by atoms with van der Waals surface area (Å²) in [4.78, 5) is 59.0. The van der Waals surface area contributed by atoms with E-state index in [1.807, 2.05) is 18.3 Å². The number of carbonyl (C=O) groups is 3. The minimum atomic E-state index is -0.797. The Bertz CT molecular complexity index is 1370. The highest BCUT2D eigenvalue weighted by Crippen LogP contribution is 2.46. The van der Waals surface area contributed by atoms with Crippen LogP contribution < -0.4 is 10.2 Å². The molecule has 11 nitrogen and oxygen atoms in total. The molecule has 12 heteroatoms. The van der Waals surface area contributed by atoms with Crippen molar-refractivity contribution in [3.05, 3.63) is 23.7 Å². The van der Waals surface area contributed by atoms with Crippen LogP contribution >= 0.6 is 11.3 Å². The first-order chi connectivity index (χ1) is 18.4. The summed E-state index contributed by atoms with van der Waals surface area (Å²) in [7, 11) is 1.59. The lowest BCUT2D eigenvalue weighted by Crippen LogP contribution is -2.66. The number of carbonyl (C=O) groups excluding carboxylic acids is 3. The van der Waals surface area contributed by atoms with Crippen molar-refractivity contribution in [3.63, 3.8) is 0 Å². The van der Waals surface area contributed by atoms with Crippen molar-refractivity contribution >= 4 is 47.2 Å². The van der Waals surface area contributed by atoms with Crippen LogP contribution in [0.25, 0.3) is 10.6 Å². The number of thiazole rings is 1. The van der Waals surface area contributed by atoms with Crippen LogP contribution in [0.4, 0.5) is 16.4 Å². The number of nitrogens with one attached hydrogen (secondary N) is 1. The molecule has 4 unspecified atom stereocenters. The third kappa shape index (κ3) is 4.16. The maximum Gasteiger partial charge on any atom is 0.329 e. The number of urea groups is 1. The second-order valence-electron chi connectivity index (χ2n) is 10.1. The summed E-state index contributed by atoms with van der Waals surface area (Å²) in [6.07, 6.45) is 3.96. The standard InChI is InChI=1S/C26H28N8O3S/c1-4-5-8-33-25(36)21-22(31(3)26(33)37)28-14-34(21)15(2)23(35)29-19-13-38-24(30-19)16-6-7-20(27-10-16)32-11-17-9-18(17)12-32/h6-7,10,13-15,17-18,21-22H,8-9,11-12H2,1-3H3,(H,29,35)/t15-,17?,18?,21?,22?/m0/s1. The number of nitrogens with zero attached hydrogens (tertiary/aromatic N) is 7. The molecule has 0 aromatic carbocycles. The molecule has 0 radical (unpaired) electrons. The maximum atomic E-state index is 13.2. The lowest BCUT2D eigenvalue weighted by atomic mass is 10.1. The fraction of sp³-hybridized carbons (Fsp3) is 0.462. The predicted octanol–water partition coefficient (Wildman–Crippen LogP) is 1.94. The average Bonchev–Trinajstić information content (AvgIpc) is 3.31. The van der Waals surface area contributed by atoms with E-state index < -0.39 is 30.2 Å². The Kier molecular flexibility index (Phi) is 6.03. The summed E-state index contributed by atoms with van der Waals surface area (Å²) >= 11 is 1.42. The van der Waals surface area contributed by atoms with E-state index in [0.29, 0.717) is 5.82 Å². The van der Waals surface area contributed by atoms with Gasteiger partial charge in [-0.2, -0.15) is 0 Å². The molecular formula is C26H28N8O3S. The first-order valence-corrected chi connectivity index (χ1v) is 13.5. The van der Waals surface area contributed by atoms with Gasteiger partial charge in [0.25, 0.3) is 5.91 Å². The number of fused-ring (bicyclic) bond motifs is 2. The smallest absolute Gasteiger partial charge is 0.329 e. The van der Waals surface area contributed by atoms with Gasteiger partial charge < -0.3 is 20.0 Å². The number of aromatic nitrogens is 2. The molecule has 2 aromatic rings. The highest BCUT2D eigenvalue weighted by atomic mass is 32.1. The Balaban J connectivity index is 1.11. The van der Waals surface area contributed by atoms with Gasteiger partial charge in [0.1, 0.15) is 22.7 Å². The summed E-state index contributed by atoms with van der Waals surface area (Å²) in [5.41, 5.74) is 0.891. The van der Waals surface area contributed by atoms with E-state index in [2.05, 4.69) is 37.0 Å². The molecule has 2 aromatic heterocycles.